The van der Waals surface area contributed by atoms with Gasteiger partial charge in [-0.3, -0.25) is 9.10 Å². The van der Waals surface area contributed by atoms with Crippen molar-refractivity contribution < 1.29 is 13.2 Å². The van der Waals surface area contributed by atoms with Crippen LogP contribution in [0.25, 0.3) is 0 Å². The van der Waals surface area contributed by atoms with E-state index in [0.29, 0.717) is 12.2 Å². The molecule has 2 aromatic carbocycles. The van der Waals surface area contributed by atoms with E-state index in [-0.39, 0.29) is 29.2 Å². The summed E-state index contributed by atoms with van der Waals surface area (Å²) in [6.07, 6.45) is 0.0804. The second-order valence-electron chi connectivity index (χ2n) is 9.15. The molecule has 0 saturated heterocycles. The molecule has 170 valence electrons. The number of amides is 1. The molecule has 1 amide bonds. The van der Waals surface area contributed by atoms with Gasteiger partial charge in [0.2, 0.25) is 5.91 Å². The molecule has 2 rings (SSSR count). The van der Waals surface area contributed by atoms with E-state index in [0.717, 1.165) is 17.7 Å². The summed E-state index contributed by atoms with van der Waals surface area (Å²) < 4.78 is 28.1. The molecule has 0 unspecified atom stereocenters. The van der Waals surface area contributed by atoms with E-state index in [9.17, 15) is 13.2 Å². The minimum absolute atomic E-state index is 0.0687. The number of nitrogens with zero attached hydrogens (tertiary/aromatic N) is 2. The maximum atomic E-state index is 13.4. The lowest BCUT2D eigenvalue weighted by molar-refractivity contribution is -0.121. The highest BCUT2D eigenvalue weighted by Crippen LogP contribution is 2.25. The van der Waals surface area contributed by atoms with E-state index in [1.165, 1.54) is 4.31 Å². The van der Waals surface area contributed by atoms with Crippen LogP contribution in [-0.2, 0) is 14.8 Å². The number of hydrogen-bond acceptors (Lipinski definition) is 4. The molecule has 6 nitrogen and oxygen atoms in total. The number of aryl methyl sites for hydroxylation is 2. The van der Waals surface area contributed by atoms with E-state index in [1.54, 1.807) is 36.4 Å². The van der Waals surface area contributed by atoms with Gasteiger partial charge < -0.3 is 10.2 Å². The molecule has 0 spiro atoms. The van der Waals surface area contributed by atoms with Gasteiger partial charge in [-0.2, -0.15) is 0 Å². The topological polar surface area (TPSA) is 69.7 Å². The molecule has 2 aromatic rings. The highest BCUT2D eigenvalue weighted by Gasteiger charge is 2.26. The van der Waals surface area contributed by atoms with Crippen LogP contribution in [0, 0.1) is 19.3 Å². The Labute approximate surface area is 187 Å². The SMILES string of the molecule is Cc1ccc(N(CCC(=O)NCC(C)(C)CN(C)C)S(=O)(=O)c2ccc(C)cc2)cc1. The maximum Gasteiger partial charge on any atom is 0.264 e. The van der Waals surface area contributed by atoms with E-state index in [4.69, 9.17) is 0 Å². The van der Waals surface area contributed by atoms with Crippen LogP contribution in [0.1, 0.15) is 31.4 Å². The van der Waals surface area contributed by atoms with E-state index >= 15 is 0 Å². The lowest BCUT2D eigenvalue weighted by atomic mass is 9.93. The van der Waals surface area contributed by atoms with E-state index < -0.39 is 10.0 Å². The zero-order valence-corrected chi connectivity index (χ0v) is 20.3. The van der Waals surface area contributed by atoms with Gasteiger partial charge in [-0.05, 0) is 57.6 Å². The van der Waals surface area contributed by atoms with Gasteiger partial charge in [0.15, 0.2) is 0 Å². The lowest BCUT2D eigenvalue weighted by Crippen LogP contribution is -2.41. The van der Waals surface area contributed by atoms with Gasteiger partial charge in [-0.1, -0.05) is 49.2 Å². The van der Waals surface area contributed by atoms with Crippen LogP contribution in [0.5, 0.6) is 0 Å². The monoisotopic (exact) mass is 445 g/mol. The van der Waals surface area contributed by atoms with Crippen molar-refractivity contribution in [2.45, 2.75) is 39.0 Å². The first-order chi connectivity index (χ1) is 14.4. The Bertz CT molecular complexity index is 966. The van der Waals surface area contributed by atoms with Crippen LogP contribution in [-0.4, -0.2) is 53.0 Å². The molecule has 0 radical (unpaired) electrons. The predicted molar refractivity (Wildman–Crippen MR) is 127 cm³/mol. The third-order valence-corrected chi connectivity index (χ3v) is 6.82. The number of rotatable bonds is 10. The first-order valence-corrected chi connectivity index (χ1v) is 11.9. The van der Waals surface area contributed by atoms with Crippen molar-refractivity contribution in [1.82, 2.24) is 10.2 Å². The Balaban J connectivity index is 2.17. The summed E-state index contributed by atoms with van der Waals surface area (Å²) in [6, 6.07) is 14.1. The lowest BCUT2D eigenvalue weighted by Gasteiger charge is -2.29. The summed E-state index contributed by atoms with van der Waals surface area (Å²) in [5.41, 5.74) is 2.49. The first kappa shape index (κ1) is 24.9. The van der Waals surface area contributed by atoms with Crippen LogP contribution in [0.2, 0.25) is 0 Å². The van der Waals surface area contributed by atoms with Crippen molar-refractivity contribution in [3.05, 3.63) is 59.7 Å². The molecule has 1 N–H and O–H groups in total. The fourth-order valence-corrected chi connectivity index (χ4v) is 4.94. The highest BCUT2D eigenvalue weighted by molar-refractivity contribution is 7.92. The second-order valence-corrected chi connectivity index (χ2v) is 11.0. The van der Waals surface area contributed by atoms with Gasteiger partial charge in [-0.15, -0.1) is 0 Å². The minimum atomic E-state index is -3.79. The molecule has 0 saturated carbocycles. The number of benzene rings is 2. The number of carbonyl (C=O) groups is 1. The van der Waals surface area contributed by atoms with Gasteiger partial charge in [0.1, 0.15) is 0 Å². The minimum Gasteiger partial charge on any atom is -0.355 e. The summed E-state index contributed by atoms with van der Waals surface area (Å²) in [7, 11) is 0.206. The fourth-order valence-electron chi connectivity index (χ4n) is 3.48. The first-order valence-electron chi connectivity index (χ1n) is 10.5. The van der Waals surface area contributed by atoms with Crippen LogP contribution >= 0.6 is 0 Å². The fraction of sp³-hybridized carbons (Fsp3) is 0.458. The molecule has 0 bridgehead atoms. The largest absolute Gasteiger partial charge is 0.355 e. The van der Waals surface area contributed by atoms with Crippen molar-refractivity contribution >= 4 is 21.6 Å². The standard InChI is InChI=1S/C24H35N3O3S/c1-19-7-11-21(12-8-19)27(31(29,30)22-13-9-20(2)10-14-22)16-15-23(28)25-17-24(3,4)18-26(5)6/h7-14H,15-18H2,1-6H3,(H,25,28). The Kier molecular flexibility index (Phi) is 8.26. The van der Waals surface area contributed by atoms with Crippen molar-refractivity contribution in [3.63, 3.8) is 0 Å². The van der Waals surface area contributed by atoms with Crippen molar-refractivity contribution in [1.29, 1.82) is 0 Å². The molecule has 0 atom stereocenters. The summed E-state index contributed by atoms with van der Waals surface area (Å²) in [5.74, 6) is -0.164. The third-order valence-electron chi connectivity index (χ3n) is 4.98. The van der Waals surface area contributed by atoms with Crippen molar-refractivity contribution in [2.24, 2.45) is 5.41 Å². The molecule has 0 heterocycles. The van der Waals surface area contributed by atoms with Gasteiger partial charge in [-0.25, -0.2) is 8.42 Å². The van der Waals surface area contributed by atoms with Crippen LogP contribution in [0.4, 0.5) is 5.69 Å². The number of carbonyl (C=O) groups excluding carboxylic acids is 1. The Morgan fingerprint density at radius 3 is 1.97 bits per heavy atom. The Morgan fingerprint density at radius 1 is 0.935 bits per heavy atom. The number of nitrogens with one attached hydrogen (secondary N) is 1. The van der Waals surface area contributed by atoms with Gasteiger partial charge in [0.25, 0.3) is 10.0 Å². The van der Waals surface area contributed by atoms with E-state index in [2.05, 4.69) is 24.1 Å². The Hall–Kier alpha value is -2.38. The zero-order chi connectivity index (χ0) is 23.2. The van der Waals surface area contributed by atoms with Crippen molar-refractivity contribution in [2.75, 3.05) is 38.0 Å². The molecular formula is C24H35N3O3S. The normalized spacial score (nSPS) is 12.1. The number of anilines is 1. The number of sulfonamides is 1. The summed E-state index contributed by atoms with van der Waals surface area (Å²) in [4.78, 5) is 14.8. The predicted octanol–water partition coefficient (Wildman–Crippen LogP) is 3.59. The molecule has 0 fully saturated rings. The van der Waals surface area contributed by atoms with E-state index in [1.807, 2.05) is 40.1 Å². The second kappa shape index (κ2) is 10.3. The molecule has 0 aromatic heterocycles. The summed E-state index contributed by atoms with van der Waals surface area (Å²) >= 11 is 0. The van der Waals surface area contributed by atoms with Crippen LogP contribution < -0.4 is 9.62 Å². The van der Waals surface area contributed by atoms with Crippen molar-refractivity contribution in [3.8, 4) is 0 Å². The molecule has 0 aliphatic carbocycles. The van der Waals surface area contributed by atoms with Gasteiger partial charge in [0.05, 0.1) is 10.6 Å². The maximum absolute atomic E-state index is 13.4. The Morgan fingerprint density at radius 2 is 1.45 bits per heavy atom. The molecule has 31 heavy (non-hydrogen) atoms. The average Bonchev–Trinajstić information content (AvgIpc) is 2.67. The summed E-state index contributed by atoms with van der Waals surface area (Å²) in [5, 5.41) is 2.96. The quantitative estimate of drug-likeness (QED) is 0.607. The van der Waals surface area contributed by atoms with Gasteiger partial charge >= 0.3 is 0 Å². The molecular weight excluding hydrogens is 410 g/mol. The van der Waals surface area contributed by atoms with Crippen LogP contribution in [0.3, 0.4) is 0 Å². The highest BCUT2D eigenvalue weighted by atomic mass is 32.2. The molecule has 0 aliphatic rings. The van der Waals surface area contributed by atoms with Gasteiger partial charge in [0, 0.05) is 26.1 Å². The smallest absolute Gasteiger partial charge is 0.264 e. The average molecular weight is 446 g/mol. The van der Waals surface area contributed by atoms with Crippen LogP contribution in [0.15, 0.2) is 53.4 Å². The zero-order valence-electron chi connectivity index (χ0n) is 19.5. The molecule has 7 heteroatoms. The summed E-state index contributed by atoms with van der Waals surface area (Å²) in [6.45, 7) is 9.48. The molecule has 0 aliphatic heterocycles. The third kappa shape index (κ3) is 7.36. The number of hydrogen-bond donors (Lipinski definition) is 1.